The highest BCUT2D eigenvalue weighted by atomic mass is 127. The van der Waals surface area contributed by atoms with E-state index in [0.29, 0.717) is 12.6 Å². The van der Waals surface area contributed by atoms with Gasteiger partial charge in [-0.15, -0.1) is 24.0 Å². The fraction of sp³-hybridized carbons (Fsp3) is 0.750. The number of aryl methyl sites for hydroxylation is 1. The van der Waals surface area contributed by atoms with Gasteiger partial charge >= 0.3 is 0 Å². The molecule has 0 fully saturated rings. The average Bonchev–Trinajstić information content (AvgIpc) is 2.87. The Kier molecular flexibility index (Phi) is 12.3. The SMILES string of the molecule is CCCCCCC(C)NC(=NCc1ccnn1C)NCC.I. The van der Waals surface area contributed by atoms with Crippen molar-refractivity contribution in [3.05, 3.63) is 18.0 Å². The zero-order chi connectivity index (χ0) is 15.5. The normalized spacial score (nSPS) is 12.6. The van der Waals surface area contributed by atoms with Gasteiger partial charge in [0.15, 0.2) is 5.96 Å². The van der Waals surface area contributed by atoms with E-state index < -0.39 is 0 Å². The van der Waals surface area contributed by atoms with Gasteiger partial charge in [0.2, 0.25) is 0 Å². The van der Waals surface area contributed by atoms with Gasteiger partial charge in [0.1, 0.15) is 0 Å². The van der Waals surface area contributed by atoms with E-state index in [1.807, 2.05) is 24.0 Å². The number of guanidine groups is 1. The number of aromatic nitrogens is 2. The zero-order valence-corrected chi connectivity index (χ0v) is 16.8. The van der Waals surface area contributed by atoms with Gasteiger partial charge in [-0.3, -0.25) is 4.68 Å². The van der Waals surface area contributed by atoms with E-state index in [-0.39, 0.29) is 24.0 Å². The predicted molar refractivity (Wildman–Crippen MR) is 105 cm³/mol. The van der Waals surface area contributed by atoms with Gasteiger partial charge in [-0.05, 0) is 26.3 Å². The standard InChI is InChI=1S/C16H31N5.HI/c1-5-7-8-9-10-14(3)20-16(17-6-2)18-13-15-11-12-19-21(15)4;/h11-12,14H,5-10,13H2,1-4H3,(H2,17,18,20);1H. The molecule has 22 heavy (non-hydrogen) atoms. The van der Waals surface area contributed by atoms with Crippen molar-refractivity contribution >= 4 is 29.9 Å². The molecule has 1 aromatic heterocycles. The second-order valence-electron chi connectivity index (χ2n) is 5.54. The molecule has 0 spiro atoms. The third-order valence-corrected chi connectivity index (χ3v) is 3.54. The van der Waals surface area contributed by atoms with E-state index in [1.165, 1.54) is 32.1 Å². The molecule has 0 amide bonds. The zero-order valence-electron chi connectivity index (χ0n) is 14.4. The Morgan fingerprint density at radius 1 is 1.32 bits per heavy atom. The average molecular weight is 421 g/mol. The summed E-state index contributed by atoms with van der Waals surface area (Å²) in [5, 5.41) is 11.0. The van der Waals surface area contributed by atoms with Crippen LogP contribution >= 0.6 is 24.0 Å². The molecule has 0 saturated heterocycles. The van der Waals surface area contributed by atoms with Gasteiger partial charge in [-0.1, -0.05) is 32.6 Å². The van der Waals surface area contributed by atoms with Gasteiger partial charge in [0.25, 0.3) is 0 Å². The van der Waals surface area contributed by atoms with Crippen LogP contribution in [-0.4, -0.2) is 28.3 Å². The van der Waals surface area contributed by atoms with Gasteiger partial charge in [0.05, 0.1) is 12.2 Å². The Morgan fingerprint density at radius 3 is 2.68 bits per heavy atom. The van der Waals surface area contributed by atoms with Crippen LogP contribution in [0, 0.1) is 0 Å². The van der Waals surface area contributed by atoms with Gasteiger partial charge in [-0.25, -0.2) is 4.99 Å². The lowest BCUT2D eigenvalue weighted by Gasteiger charge is -2.17. The van der Waals surface area contributed by atoms with Crippen molar-refractivity contribution in [2.75, 3.05) is 6.54 Å². The number of nitrogens with zero attached hydrogens (tertiary/aromatic N) is 3. The van der Waals surface area contributed by atoms with Gasteiger partial charge < -0.3 is 10.6 Å². The van der Waals surface area contributed by atoms with Crippen molar-refractivity contribution in [1.29, 1.82) is 0 Å². The van der Waals surface area contributed by atoms with E-state index >= 15 is 0 Å². The van der Waals surface area contributed by atoms with Crippen LogP contribution < -0.4 is 10.6 Å². The van der Waals surface area contributed by atoms with E-state index in [1.54, 1.807) is 0 Å². The summed E-state index contributed by atoms with van der Waals surface area (Å²) in [4.78, 5) is 4.63. The Labute approximate surface area is 152 Å². The molecule has 2 N–H and O–H groups in total. The summed E-state index contributed by atoms with van der Waals surface area (Å²) < 4.78 is 1.86. The quantitative estimate of drug-likeness (QED) is 0.278. The van der Waals surface area contributed by atoms with Crippen molar-refractivity contribution in [1.82, 2.24) is 20.4 Å². The van der Waals surface area contributed by atoms with E-state index in [4.69, 9.17) is 0 Å². The highest BCUT2D eigenvalue weighted by Gasteiger charge is 2.05. The molecule has 0 aliphatic heterocycles. The molecule has 0 aliphatic rings. The summed E-state index contributed by atoms with van der Waals surface area (Å²) >= 11 is 0. The maximum atomic E-state index is 4.63. The van der Waals surface area contributed by atoms with Crippen LogP contribution in [0.5, 0.6) is 0 Å². The Balaban J connectivity index is 0.00000441. The van der Waals surface area contributed by atoms with E-state index in [9.17, 15) is 0 Å². The Bertz CT molecular complexity index is 416. The highest BCUT2D eigenvalue weighted by molar-refractivity contribution is 14.0. The van der Waals surface area contributed by atoms with Crippen molar-refractivity contribution in [3.8, 4) is 0 Å². The molecule has 5 nitrogen and oxygen atoms in total. The predicted octanol–water partition coefficient (Wildman–Crippen LogP) is 3.45. The minimum Gasteiger partial charge on any atom is -0.357 e. The second-order valence-corrected chi connectivity index (χ2v) is 5.54. The molecule has 0 aliphatic carbocycles. The number of halogens is 1. The first-order valence-electron chi connectivity index (χ1n) is 8.19. The molecule has 0 aromatic carbocycles. The molecule has 1 atom stereocenters. The minimum atomic E-state index is 0. The first kappa shape index (κ1) is 21.2. The van der Waals surface area contributed by atoms with Crippen molar-refractivity contribution in [2.45, 2.75) is 65.5 Å². The van der Waals surface area contributed by atoms with Gasteiger partial charge in [-0.2, -0.15) is 5.10 Å². The lowest BCUT2D eigenvalue weighted by molar-refractivity contribution is 0.537. The summed E-state index contributed by atoms with van der Waals surface area (Å²) in [7, 11) is 1.95. The summed E-state index contributed by atoms with van der Waals surface area (Å²) in [6, 6.07) is 2.45. The summed E-state index contributed by atoms with van der Waals surface area (Å²) in [6.07, 6.45) is 8.23. The third-order valence-electron chi connectivity index (χ3n) is 3.54. The van der Waals surface area contributed by atoms with Crippen LogP contribution in [0.15, 0.2) is 17.3 Å². The highest BCUT2D eigenvalue weighted by Crippen LogP contribution is 2.05. The molecule has 1 unspecified atom stereocenters. The number of nitrogens with one attached hydrogen (secondary N) is 2. The molecular formula is C16H32IN5. The third kappa shape index (κ3) is 8.60. The molecule has 0 saturated carbocycles. The lowest BCUT2D eigenvalue weighted by Crippen LogP contribution is -2.42. The Morgan fingerprint density at radius 2 is 2.09 bits per heavy atom. The van der Waals surface area contributed by atoms with E-state index in [0.717, 1.165) is 18.2 Å². The lowest BCUT2D eigenvalue weighted by atomic mass is 10.1. The molecule has 1 rings (SSSR count). The minimum absolute atomic E-state index is 0. The van der Waals surface area contributed by atoms with Crippen LogP contribution in [0.3, 0.4) is 0 Å². The first-order valence-corrected chi connectivity index (χ1v) is 8.19. The summed E-state index contributed by atoms with van der Waals surface area (Å²) in [5.74, 6) is 0.890. The van der Waals surface area contributed by atoms with Crippen molar-refractivity contribution in [3.63, 3.8) is 0 Å². The second kappa shape index (κ2) is 12.7. The van der Waals surface area contributed by atoms with Crippen LogP contribution in [0.4, 0.5) is 0 Å². The maximum absolute atomic E-state index is 4.63. The first-order chi connectivity index (χ1) is 10.2. The fourth-order valence-electron chi connectivity index (χ4n) is 2.22. The topological polar surface area (TPSA) is 54.2 Å². The van der Waals surface area contributed by atoms with Gasteiger partial charge in [0, 0.05) is 25.8 Å². The smallest absolute Gasteiger partial charge is 0.191 e. The molecule has 0 radical (unpaired) electrons. The number of unbranched alkanes of at least 4 members (excludes halogenated alkanes) is 3. The molecule has 1 aromatic rings. The van der Waals surface area contributed by atoms with Crippen LogP contribution in [0.2, 0.25) is 0 Å². The van der Waals surface area contributed by atoms with E-state index in [2.05, 4.69) is 41.5 Å². The largest absolute Gasteiger partial charge is 0.357 e. The number of hydrogen-bond acceptors (Lipinski definition) is 2. The van der Waals surface area contributed by atoms with Crippen molar-refractivity contribution in [2.24, 2.45) is 12.0 Å². The number of rotatable bonds is 9. The summed E-state index contributed by atoms with van der Waals surface area (Å²) in [6.45, 7) is 8.08. The molecular weight excluding hydrogens is 389 g/mol. The number of aliphatic imine (C=N–C) groups is 1. The molecule has 1 heterocycles. The van der Waals surface area contributed by atoms with Crippen molar-refractivity contribution < 1.29 is 0 Å². The maximum Gasteiger partial charge on any atom is 0.191 e. The monoisotopic (exact) mass is 421 g/mol. The number of hydrogen-bond donors (Lipinski definition) is 2. The molecule has 0 bridgehead atoms. The molecule has 128 valence electrons. The molecule has 6 heteroatoms. The summed E-state index contributed by atoms with van der Waals surface area (Å²) in [5.41, 5.74) is 1.11. The fourth-order valence-corrected chi connectivity index (χ4v) is 2.22. The van der Waals surface area contributed by atoms with Crippen LogP contribution in [0.25, 0.3) is 0 Å². The van der Waals surface area contributed by atoms with Crippen LogP contribution in [0.1, 0.15) is 58.6 Å². The Hall–Kier alpha value is -0.790. The van der Waals surface area contributed by atoms with Crippen LogP contribution in [-0.2, 0) is 13.6 Å².